The zero-order valence-corrected chi connectivity index (χ0v) is 11.9. The number of piperazine rings is 1. The largest absolute Gasteiger partial charge is 0.343 e. The zero-order chi connectivity index (χ0) is 13.4. The van der Waals surface area contributed by atoms with Gasteiger partial charge in [0.15, 0.2) is 0 Å². The molecule has 0 bridgehead atoms. The van der Waals surface area contributed by atoms with E-state index in [1.165, 1.54) is 5.69 Å². The molecule has 0 radical (unpaired) electrons. The quantitative estimate of drug-likeness (QED) is 0.776. The number of nitrogens with zero attached hydrogens (tertiary/aromatic N) is 4. The average Bonchev–Trinajstić information content (AvgIpc) is 2.58. The molecule has 0 unspecified atom stereocenters. The Morgan fingerprint density at radius 2 is 1.94 bits per heavy atom. The van der Waals surface area contributed by atoms with Gasteiger partial charge in [-0.3, -0.25) is 9.69 Å². The van der Waals surface area contributed by atoms with Gasteiger partial charge in [0.25, 0.3) is 0 Å². The molecule has 5 nitrogen and oxygen atoms in total. The Morgan fingerprint density at radius 1 is 1.28 bits per heavy atom. The molecule has 1 atom stereocenters. The molecule has 0 saturated carbocycles. The third-order valence-corrected chi connectivity index (χ3v) is 4.06. The number of aryl methyl sites for hydroxylation is 1. The normalized spacial score (nSPS) is 21.7. The minimum Gasteiger partial charge on any atom is -0.343 e. The van der Waals surface area contributed by atoms with Gasteiger partial charge in [-0.25, -0.2) is 4.98 Å². The van der Waals surface area contributed by atoms with Gasteiger partial charge in [-0.15, -0.1) is 0 Å². The first kappa shape index (κ1) is 13.1. The molecule has 2 rings (SSSR count). The fraction of sp³-hybridized carbons (Fsp3) is 0.692. The highest BCUT2D eigenvalue weighted by Crippen LogP contribution is 2.15. The van der Waals surface area contributed by atoms with Crippen LogP contribution in [0.5, 0.6) is 0 Å². The van der Waals surface area contributed by atoms with Crippen molar-refractivity contribution in [3.8, 4) is 0 Å². The van der Waals surface area contributed by atoms with E-state index in [-0.39, 0.29) is 11.9 Å². The molecule has 18 heavy (non-hydrogen) atoms. The Morgan fingerprint density at radius 3 is 2.50 bits per heavy atom. The van der Waals surface area contributed by atoms with E-state index in [0.29, 0.717) is 0 Å². The van der Waals surface area contributed by atoms with Gasteiger partial charge < -0.3 is 9.47 Å². The smallest absolute Gasteiger partial charge is 0.239 e. The summed E-state index contributed by atoms with van der Waals surface area (Å²) in [5, 5.41) is 0. The zero-order valence-electron chi connectivity index (χ0n) is 11.9. The maximum absolute atomic E-state index is 11.9. The summed E-state index contributed by atoms with van der Waals surface area (Å²) in [6, 6.07) is -0.0546. The van der Waals surface area contributed by atoms with Crippen molar-refractivity contribution in [2.45, 2.75) is 33.4 Å². The number of hydrogen-bond donors (Lipinski definition) is 0. The van der Waals surface area contributed by atoms with Crippen LogP contribution in [0.15, 0.2) is 0 Å². The summed E-state index contributed by atoms with van der Waals surface area (Å²) >= 11 is 0. The fourth-order valence-corrected chi connectivity index (χ4v) is 2.38. The first-order valence-corrected chi connectivity index (χ1v) is 6.39. The van der Waals surface area contributed by atoms with Crippen molar-refractivity contribution in [1.29, 1.82) is 0 Å². The highest BCUT2D eigenvalue weighted by atomic mass is 16.2. The van der Waals surface area contributed by atoms with Crippen molar-refractivity contribution < 1.29 is 4.79 Å². The van der Waals surface area contributed by atoms with Crippen LogP contribution >= 0.6 is 0 Å². The number of amides is 1. The molecule has 1 fully saturated rings. The Bertz CT molecular complexity index is 466. The van der Waals surface area contributed by atoms with Crippen molar-refractivity contribution in [1.82, 2.24) is 19.4 Å². The number of aromatic nitrogens is 2. The van der Waals surface area contributed by atoms with Crippen LogP contribution in [0.25, 0.3) is 0 Å². The third kappa shape index (κ3) is 2.14. The van der Waals surface area contributed by atoms with Crippen molar-refractivity contribution in [3.63, 3.8) is 0 Å². The van der Waals surface area contributed by atoms with Gasteiger partial charge in [0.2, 0.25) is 5.91 Å². The number of rotatable bonds is 2. The molecular formula is C13H22N4O. The number of carbonyl (C=O) groups is 1. The fourth-order valence-electron chi connectivity index (χ4n) is 2.38. The lowest BCUT2D eigenvalue weighted by Gasteiger charge is -2.37. The SMILES string of the molecule is Cc1nc(CN2CCN(C)C(=O)[C@@H]2C)n(C)c1C. The second-order valence-electron chi connectivity index (χ2n) is 5.16. The lowest BCUT2D eigenvalue weighted by molar-refractivity contribution is -0.139. The third-order valence-electron chi connectivity index (χ3n) is 4.06. The van der Waals surface area contributed by atoms with Gasteiger partial charge in [-0.1, -0.05) is 0 Å². The van der Waals surface area contributed by atoms with Gasteiger partial charge in [-0.2, -0.15) is 0 Å². The van der Waals surface area contributed by atoms with Crippen LogP contribution in [0.3, 0.4) is 0 Å². The van der Waals surface area contributed by atoms with Crippen LogP contribution in [0.1, 0.15) is 24.1 Å². The van der Waals surface area contributed by atoms with E-state index in [9.17, 15) is 4.79 Å². The molecule has 1 saturated heterocycles. The summed E-state index contributed by atoms with van der Waals surface area (Å²) < 4.78 is 2.12. The average molecular weight is 250 g/mol. The number of carbonyl (C=O) groups excluding carboxylic acids is 1. The van der Waals surface area contributed by atoms with Crippen molar-refractivity contribution in [2.24, 2.45) is 7.05 Å². The van der Waals surface area contributed by atoms with Gasteiger partial charge in [-0.05, 0) is 20.8 Å². The second-order valence-corrected chi connectivity index (χ2v) is 5.16. The van der Waals surface area contributed by atoms with E-state index < -0.39 is 0 Å². The number of hydrogen-bond acceptors (Lipinski definition) is 3. The minimum absolute atomic E-state index is 0.0546. The molecule has 1 aliphatic heterocycles. The van der Waals surface area contributed by atoms with Gasteiger partial charge in [0.1, 0.15) is 5.82 Å². The van der Waals surface area contributed by atoms with Gasteiger partial charge in [0.05, 0.1) is 18.3 Å². The van der Waals surface area contributed by atoms with E-state index in [4.69, 9.17) is 0 Å². The summed E-state index contributed by atoms with van der Waals surface area (Å²) in [4.78, 5) is 20.5. The molecule has 100 valence electrons. The van der Waals surface area contributed by atoms with Crippen molar-refractivity contribution in [3.05, 3.63) is 17.2 Å². The molecule has 0 aliphatic carbocycles. The number of likely N-dealkylation sites (N-methyl/N-ethyl adjacent to an activating group) is 1. The molecule has 1 aromatic heterocycles. The predicted octanol–water partition coefficient (Wildman–Crippen LogP) is 0.699. The number of imidazole rings is 1. The highest BCUT2D eigenvalue weighted by Gasteiger charge is 2.30. The van der Waals surface area contributed by atoms with Crippen LogP contribution in [-0.4, -0.2) is 51.4 Å². The second kappa shape index (κ2) is 4.72. The van der Waals surface area contributed by atoms with Crippen molar-refractivity contribution >= 4 is 5.91 Å². The molecular weight excluding hydrogens is 228 g/mol. The van der Waals surface area contributed by atoms with E-state index >= 15 is 0 Å². The van der Waals surface area contributed by atoms with E-state index in [2.05, 4.69) is 21.4 Å². The van der Waals surface area contributed by atoms with E-state index in [0.717, 1.165) is 31.2 Å². The van der Waals surface area contributed by atoms with Gasteiger partial charge >= 0.3 is 0 Å². The molecule has 1 aliphatic rings. The molecule has 1 amide bonds. The maximum Gasteiger partial charge on any atom is 0.239 e. The van der Waals surface area contributed by atoms with E-state index in [1.54, 1.807) is 4.90 Å². The highest BCUT2D eigenvalue weighted by molar-refractivity contribution is 5.81. The van der Waals surface area contributed by atoms with Crippen LogP contribution in [0.2, 0.25) is 0 Å². The monoisotopic (exact) mass is 250 g/mol. The lowest BCUT2D eigenvalue weighted by Crippen LogP contribution is -2.54. The predicted molar refractivity (Wildman–Crippen MR) is 70.2 cm³/mol. The Hall–Kier alpha value is -1.36. The molecule has 1 aromatic rings. The summed E-state index contributed by atoms with van der Waals surface area (Å²) in [5.41, 5.74) is 2.26. The topological polar surface area (TPSA) is 41.4 Å². The molecule has 5 heteroatoms. The Balaban J connectivity index is 2.14. The van der Waals surface area contributed by atoms with Crippen molar-refractivity contribution in [2.75, 3.05) is 20.1 Å². The molecule has 0 N–H and O–H groups in total. The minimum atomic E-state index is -0.0546. The Kier molecular flexibility index (Phi) is 3.43. The summed E-state index contributed by atoms with van der Waals surface area (Å²) in [7, 11) is 3.90. The first-order chi connectivity index (χ1) is 8.41. The first-order valence-electron chi connectivity index (χ1n) is 6.39. The summed E-state index contributed by atoms with van der Waals surface area (Å²) in [6.07, 6.45) is 0. The van der Waals surface area contributed by atoms with Crippen LogP contribution in [0, 0.1) is 13.8 Å². The molecule has 0 aromatic carbocycles. The maximum atomic E-state index is 11.9. The van der Waals surface area contributed by atoms with Crippen LogP contribution in [0.4, 0.5) is 0 Å². The lowest BCUT2D eigenvalue weighted by atomic mass is 10.2. The molecule has 0 spiro atoms. The molecule has 2 heterocycles. The van der Waals surface area contributed by atoms with E-state index in [1.807, 2.05) is 27.9 Å². The summed E-state index contributed by atoms with van der Waals surface area (Å²) in [6.45, 7) is 8.52. The van der Waals surface area contributed by atoms with Crippen LogP contribution < -0.4 is 0 Å². The van der Waals surface area contributed by atoms with Crippen LogP contribution in [-0.2, 0) is 18.4 Å². The van der Waals surface area contributed by atoms with Gasteiger partial charge in [0, 0.05) is 32.9 Å². The summed E-state index contributed by atoms with van der Waals surface area (Å²) in [5.74, 6) is 1.23. The standard InChI is InChI=1S/C13H22N4O/c1-9-10(2)16(5)12(14-9)8-17-7-6-15(4)13(18)11(17)3/h11H,6-8H2,1-5H3/t11-/m0/s1. The Labute approximate surface area is 108 Å².